The Hall–Kier alpha value is -2.63. The number of nitrogens with zero attached hydrogens (tertiary/aromatic N) is 2. The van der Waals surface area contributed by atoms with Crippen molar-refractivity contribution in [3.8, 4) is 0 Å². The van der Waals surface area contributed by atoms with Crippen LogP contribution in [0.15, 0.2) is 24.3 Å². The van der Waals surface area contributed by atoms with Crippen LogP contribution in [0.1, 0.15) is 67.7 Å². The first-order valence-corrected chi connectivity index (χ1v) is 9.71. The first-order valence-electron chi connectivity index (χ1n) is 9.71. The first-order chi connectivity index (χ1) is 13.0. The molecule has 0 aliphatic rings. The van der Waals surface area contributed by atoms with Gasteiger partial charge in [-0.15, -0.1) is 0 Å². The van der Waals surface area contributed by atoms with Crippen LogP contribution in [0.5, 0.6) is 0 Å². The van der Waals surface area contributed by atoms with Crippen LogP contribution in [0.3, 0.4) is 0 Å². The van der Waals surface area contributed by atoms with E-state index >= 15 is 0 Å². The van der Waals surface area contributed by atoms with Crippen LogP contribution in [0.2, 0.25) is 0 Å². The molecule has 27 heavy (non-hydrogen) atoms. The van der Waals surface area contributed by atoms with Crippen molar-refractivity contribution in [3.05, 3.63) is 41.2 Å². The maximum absolute atomic E-state index is 12.6. The van der Waals surface area contributed by atoms with Gasteiger partial charge in [-0.25, -0.2) is 0 Å². The number of hydrogen-bond donors (Lipinski definition) is 2. The van der Waals surface area contributed by atoms with Gasteiger partial charge in [-0.3, -0.25) is 14.3 Å². The molecule has 0 radical (unpaired) electrons. The molecule has 2 rings (SSSR count). The second-order valence-corrected chi connectivity index (χ2v) is 6.81. The minimum atomic E-state index is -0.180. The van der Waals surface area contributed by atoms with Gasteiger partial charge >= 0.3 is 0 Å². The lowest BCUT2D eigenvalue weighted by atomic mass is 10.1. The van der Waals surface area contributed by atoms with Crippen molar-refractivity contribution in [1.82, 2.24) is 9.78 Å². The zero-order valence-electron chi connectivity index (χ0n) is 16.8. The fourth-order valence-electron chi connectivity index (χ4n) is 2.85. The molecule has 0 bridgehead atoms. The molecule has 2 amide bonds. The molecule has 2 aromatic rings. The Kier molecular flexibility index (Phi) is 7.58. The van der Waals surface area contributed by atoms with Gasteiger partial charge in [0.25, 0.3) is 5.91 Å². The lowest BCUT2D eigenvalue weighted by molar-refractivity contribution is -0.116. The molecule has 6 nitrogen and oxygen atoms in total. The molecule has 2 N–H and O–H groups in total. The molecule has 0 saturated carbocycles. The third-order valence-corrected chi connectivity index (χ3v) is 4.53. The van der Waals surface area contributed by atoms with Crippen molar-refractivity contribution in [2.75, 3.05) is 10.6 Å². The van der Waals surface area contributed by atoms with Crippen molar-refractivity contribution in [1.29, 1.82) is 0 Å². The van der Waals surface area contributed by atoms with E-state index in [1.54, 1.807) is 24.3 Å². The predicted molar refractivity (Wildman–Crippen MR) is 109 cm³/mol. The SMILES string of the molecule is CCCCC(=O)Nc1ccc(C(=O)Nc2c(C)nn(CCCC)c2C)cc1. The Bertz CT molecular complexity index is 778. The zero-order chi connectivity index (χ0) is 19.8. The number of carbonyl (C=O) groups is 2. The summed E-state index contributed by atoms with van der Waals surface area (Å²) in [7, 11) is 0. The van der Waals surface area contributed by atoms with Gasteiger partial charge in [-0.1, -0.05) is 26.7 Å². The molecule has 0 atom stereocenters. The molecule has 1 aromatic heterocycles. The van der Waals surface area contributed by atoms with Gasteiger partial charge in [0.15, 0.2) is 0 Å². The molecule has 0 spiro atoms. The van der Waals surface area contributed by atoms with Crippen LogP contribution in [0.25, 0.3) is 0 Å². The minimum absolute atomic E-state index is 0.000190. The second kappa shape index (κ2) is 9.90. The van der Waals surface area contributed by atoms with E-state index in [0.29, 0.717) is 17.7 Å². The molecule has 146 valence electrons. The van der Waals surface area contributed by atoms with Gasteiger partial charge in [0.2, 0.25) is 5.91 Å². The summed E-state index contributed by atoms with van der Waals surface area (Å²) < 4.78 is 1.95. The van der Waals surface area contributed by atoms with Crippen LogP contribution in [0.4, 0.5) is 11.4 Å². The lowest BCUT2D eigenvalue weighted by Gasteiger charge is -2.08. The summed E-state index contributed by atoms with van der Waals surface area (Å²) in [6, 6.07) is 6.94. The molecule has 0 aliphatic carbocycles. The van der Waals surface area contributed by atoms with E-state index < -0.39 is 0 Å². The Morgan fingerprint density at radius 3 is 2.30 bits per heavy atom. The van der Waals surface area contributed by atoms with Gasteiger partial charge < -0.3 is 10.6 Å². The number of carbonyl (C=O) groups excluding carboxylic acids is 2. The number of aryl methyl sites for hydroxylation is 2. The van der Waals surface area contributed by atoms with E-state index in [1.165, 1.54) is 0 Å². The number of amides is 2. The van der Waals surface area contributed by atoms with Crippen LogP contribution in [0, 0.1) is 13.8 Å². The fourth-order valence-corrected chi connectivity index (χ4v) is 2.85. The average Bonchev–Trinajstić information content (AvgIpc) is 2.92. The molecular weight excluding hydrogens is 340 g/mol. The largest absolute Gasteiger partial charge is 0.326 e. The normalized spacial score (nSPS) is 10.7. The average molecular weight is 370 g/mol. The third-order valence-electron chi connectivity index (χ3n) is 4.53. The first kappa shape index (κ1) is 20.7. The number of unbranched alkanes of at least 4 members (excludes halogenated alkanes) is 2. The number of benzene rings is 1. The van der Waals surface area contributed by atoms with E-state index in [9.17, 15) is 9.59 Å². The highest BCUT2D eigenvalue weighted by atomic mass is 16.2. The second-order valence-electron chi connectivity index (χ2n) is 6.81. The van der Waals surface area contributed by atoms with Crippen molar-refractivity contribution < 1.29 is 9.59 Å². The number of rotatable bonds is 9. The Balaban J connectivity index is 2.02. The summed E-state index contributed by atoms with van der Waals surface area (Å²) in [6.45, 7) is 8.92. The van der Waals surface area contributed by atoms with Crippen LogP contribution < -0.4 is 10.6 Å². The molecule has 1 aromatic carbocycles. The van der Waals surface area contributed by atoms with Crippen molar-refractivity contribution in [3.63, 3.8) is 0 Å². The van der Waals surface area contributed by atoms with Crippen LogP contribution in [-0.4, -0.2) is 21.6 Å². The summed E-state index contributed by atoms with van der Waals surface area (Å²) in [6.07, 6.45) is 4.53. The van der Waals surface area contributed by atoms with Crippen molar-refractivity contribution >= 4 is 23.2 Å². The fraction of sp³-hybridized carbons (Fsp3) is 0.476. The van der Waals surface area contributed by atoms with E-state index in [1.807, 2.05) is 18.5 Å². The van der Waals surface area contributed by atoms with Gasteiger partial charge in [0.1, 0.15) is 0 Å². The van der Waals surface area contributed by atoms with Gasteiger partial charge in [-0.05, 0) is 51.0 Å². The minimum Gasteiger partial charge on any atom is -0.326 e. The Morgan fingerprint density at radius 2 is 1.67 bits per heavy atom. The third kappa shape index (κ3) is 5.67. The Labute approximate surface area is 161 Å². The van der Waals surface area contributed by atoms with Crippen LogP contribution in [-0.2, 0) is 11.3 Å². The summed E-state index contributed by atoms with van der Waals surface area (Å²) in [5.41, 5.74) is 3.80. The molecule has 0 aliphatic heterocycles. The predicted octanol–water partition coefficient (Wildman–Crippen LogP) is 4.68. The van der Waals surface area contributed by atoms with E-state index in [-0.39, 0.29) is 11.8 Å². The Morgan fingerprint density at radius 1 is 1.00 bits per heavy atom. The van der Waals surface area contributed by atoms with Crippen molar-refractivity contribution in [2.45, 2.75) is 66.3 Å². The van der Waals surface area contributed by atoms with E-state index in [0.717, 1.165) is 49.3 Å². The molecular formula is C21H30N4O2. The summed E-state index contributed by atoms with van der Waals surface area (Å²) >= 11 is 0. The van der Waals surface area contributed by atoms with Crippen molar-refractivity contribution in [2.24, 2.45) is 0 Å². The maximum Gasteiger partial charge on any atom is 0.255 e. The van der Waals surface area contributed by atoms with Gasteiger partial charge in [0.05, 0.1) is 17.1 Å². The highest BCUT2D eigenvalue weighted by molar-refractivity contribution is 6.05. The number of hydrogen-bond acceptors (Lipinski definition) is 3. The molecule has 1 heterocycles. The van der Waals surface area contributed by atoms with E-state index in [4.69, 9.17) is 0 Å². The van der Waals surface area contributed by atoms with Crippen LogP contribution >= 0.6 is 0 Å². The summed E-state index contributed by atoms with van der Waals surface area (Å²) in [4.78, 5) is 24.4. The van der Waals surface area contributed by atoms with Gasteiger partial charge in [0, 0.05) is 24.2 Å². The molecule has 6 heteroatoms. The highest BCUT2D eigenvalue weighted by Gasteiger charge is 2.15. The summed E-state index contributed by atoms with van der Waals surface area (Å²) in [5, 5.41) is 10.3. The smallest absolute Gasteiger partial charge is 0.255 e. The number of nitrogens with one attached hydrogen (secondary N) is 2. The molecule has 0 fully saturated rings. The number of anilines is 2. The summed E-state index contributed by atoms with van der Waals surface area (Å²) in [5.74, 6) is -0.181. The molecule has 0 saturated heterocycles. The standard InChI is InChI=1S/C21H30N4O2/c1-5-7-9-19(26)22-18-12-10-17(11-13-18)21(27)23-20-15(3)24-25(16(20)4)14-8-6-2/h10-13H,5-9,14H2,1-4H3,(H,22,26)(H,23,27). The maximum atomic E-state index is 12.6. The molecule has 0 unspecified atom stereocenters. The number of aromatic nitrogens is 2. The topological polar surface area (TPSA) is 76.0 Å². The highest BCUT2D eigenvalue weighted by Crippen LogP contribution is 2.21. The van der Waals surface area contributed by atoms with E-state index in [2.05, 4.69) is 29.6 Å². The quantitative estimate of drug-likeness (QED) is 0.673. The zero-order valence-corrected chi connectivity index (χ0v) is 16.8. The lowest BCUT2D eigenvalue weighted by Crippen LogP contribution is -2.14. The van der Waals surface area contributed by atoms with Gasteiger partial charge in [-0.2, -0.15) is 5.10 Å². The monoisotopic (exact) mass is 370 g/mol.